The average molecular weight is 432 g/mol. The van der Waals surface area contributed by atoms with Gasteiger partial charge in [-0.05, 0) is 49.6 Å². The molecular formula is C21H24N2O6S. The molecule has 1 fully saturated rings. The van der Waals surface area contributed by atoms with Crippen LogP contribution in [0.4, 0.5) is 5.69 Å². The lowest BCUT2D eigenvalue weighted by Crippen LogP contribution is -2.28. The van der Waals surface area contributed by atoms with E-state index in [0.29, 0.717) is 30.1 Å². The van der Waals surface area contributed by atoms with Crippen LogP contribution in [0.3, 0.4) is 0 Å². The lowest BCUT2D eigenvalue weighted by Gasteiger charge is -2.16. The number of amides is 1. The van der Waals surface area contributed by atoms with E-state index in [4.69, 9.17) is 9.47 Å². The van der Waals surface area contributed by atoms with Gasteiger partial charge in [-0.25, -0.2) is 13.2 Å². The third-order valence-corrected chi connectivity index (χ3v) is 6.71. The van der Waals surface area contributed by atoms with Crippen molar-refractivity contribution in [3.05, 3.63) is 53.6 Å². The number of benzene rings is 2. The van der Waals surface area contributed by atoms with Gasteiger partial charge in [0.2, 0.25) is 10.0 Å². The maximum absolute atomic E-state index is 12.7. The summed E-state index contributed by atoms with van der Waals surface area (Å²) in [5.41, 5.74) is 1.18. The second kappa shape index (κ2) is 9.27. The Hall–Kier alpha value is -2.91. The lowest BCUT2D eigenvalue weighted by molar-refractivity contribution is -0.119. The summed E-state index contributed by atoms with van der Waals surface area (Å²) in [5.74, 6) is -0.696. The van der Waals surface area contributed by atoms with Gasteiger partial charge >= 0.3 is 5.97 Å². The summed E-state index contributed by atoms with van der Waals surface area (Å²) in [4.78, 5) is 24.6. The summed E-state index contributed by atoms with van der Waals surface area (Å²) in [6.45, 7) is 2.12. The zero-order valence-electron chi connectivity index (χ0n) is 16.9. The molecule has 0 spiro atoms. The van der Waals surface area contributed by atoms with Crippen LogP contribution in [0.5, 0.6) is 5.75 Å². The zero-order chi connectivity index (χ0) is 21.7. The van der Waals surface area contributed by atoms with Crippen molar-refractivity contribution in [2.24, 2.45) is 0 Å². The van der Waals surface area contributed by atoms with Crippen molar-refractivity contribution in [1.82, 2.24) is 4.31 Å². The van der Waals surface area contributed by atoms with Crippen LogP contribution in [0.1, 0.15) is 28.8 Å². The van der Waals surface area contributed by atoms with Gasteiger partial charge in [-0.2, -0.15) is 4.31 Å². The minimum atomic E-state index is -3.66. The fraction of sp³-hybridized carbons (Fsp3) is 0.333. The summed E-state index contributed by atoms with van der Waals surface area (Å²) in [6, 6.07) is 11.1. The molecule has 0 unspecified atom stereocenters. The summed E-state index contributed by atoms with van der Waals surface area (Å²) in [6.07, 6.45) is 1.64. The number of esters is 1. The molecule has 0 atom stereocenters. The van der Waals surface area contributed by atoms with Crippen molar-refractivity contribution in [2.45, 2.75) is 24.7 Å². The first-order valence-corrected chi connectivity index (χ1v) is 11.0. The van der Waals surface area contributed by atoms with Crippen LogP contribution in [0.2, 0.25) is 0 Å². The van der Waals surface area contributed by atoms with E-state index in [0.717, 1.165) is 12.8 Å². The number of hydrogen-bond donors (Lipinski definition) is 1. The van der Waals surface area contributed by atoms with Gasteiger partial charge in [0.25, 0.3) is 5.91 Å². The summed E-state index contributed by atoms with van der Waals surface area (Å²) >= 11 is 0. The quantitative estimate of drug-likeness (QED) is 0.675. The van der Waals surface area contributed by atoms with Crippen LogP contribution in [0.25, 0.3) is 0 Å². The fourth-order valence-corrected chi connectivity index (χ4v) is 4.71. The van der Waals surface area contributed by atoms with Crippen LogP contribution in [0, 0.1) is 6.92 Å². The molecule has 2 aromatic carbocycles. The van der Waals surface area contributed by atoms with E-state index in [9.17, 15) is 18.0 Å². The highest BCUT2D eigenvalue weighted by Gasteiger charge is 2.28. The van der Waals surface area contributed by atoms with Crippen LogP contribution >= 0.6 is 0 Å². The topological polar surface area (TPSA) is 102 Å². The minimum absolute atomic E-state index is 0.0442. The Labute approximate surface area is 175 Å². The second-order valence-electron chi connectivity index (χ2n) is 6.94. The Bertz CT molecular complexity index is 1050. The maximum Gasteiger partial charge on any atom is 0.338 e. The van der Waals surface area contributed by atoms with Gasteiger partial charge in [0.15, 0.2) is 6.61 Å². The highest BCUT2D eigenvalue weighted by atomic mass is 32.2. The maximum atomic E-state index is 12.7. The first-order valence-electron chi connectivity index (χ1n) is 9.53. The molecule has 1 aliphatic rings. The number of sulfonamides is 1. The molecule has 1 aliphatic heterocycles. The van der Waals surface area contributed by atoms with E-state index in [2.05, 4.69) is 5.32 Å². The summed E-state index contributed by atoms with van der Waals surface area (Å²) in [5, 5.41) is 2.61. The number of aryl methyl sites for hydroxylation is 1. The number of ether oxygens (including phenoxy) is 2. The van der Waals surface area contributed by atoms with Gasteiger partial charge in [-0.1, -0.05) is 12.1 Å². The Kier molecular flexibility index (Phi) is 6.73. The third-order valence-electron chi connectivity index (χ3n) is 4.82. The highest BCUT2D eigenvalue weighted by molar-refractivity contribution is 7.89. The SMILES string of the molecule is COc1cccc(NC(=O)COC(=O)c2cc(S(=O)(=O)N3CCCC3)ccc2C)c1. The van der Waals surface area contributed by atoms with Crippen molar-refractivity contribution in [3.8, 4) is 5.75 Å². The van der Waals surface area contributed by atoms with Crippen LogP contribution < -0.4 is 10.1 Å². The molecule has 0 aliphatic carbocycles. The fourth-order valence-electron chi connectivity index (χ4n) is 3.17. The van der Waals surface area contributed by atoms with Crippen LogP contribution in [0.15, 0.2) is 47.4 Å². The average Bonchev–Trinajstić information content (AvgIpc) is 3.28. The molecule has 0 radical (unpaired) electrons. The molecule has 8 nitrogen and oxygen atoms in total. The monoisotopic (exact) mass is 432 g/mol. The molecule has 1 heterocycles. The van der Waals surface area contributed by atoms with Crippen molar-refractivity contribution in [3.63, 3.8) is 0 Å². The van der Waals surface area contributed by atoms with Gasteiger partial charge in [-0.3, -0.25) is 4.79 Å². The molecular weight excluding hydrogens is 408 g/mol. The number of carbonyl (C=O) groups excluding carboxylic acids is 2. The van der Waals surface area contributed by atoms with Crippen molar-refractivity contribution in [1.29, 1.82) is 0 Å². The number of nitrogens with one attached hydrogen (secondary N) is 1. The molecule has 0 aromatic heterocycles. The van der Waals surface area contributed by atoms with Gasteiger partial charge in [0, 0.05) is 24.8 Å². The van der Waals surface area contributed by atoms with E-state index in [1.54, 1.807) is 37.3 Å². The van der Waals surface area contributed by atoms with Gasteiger partial charge < -0.3 is 14.8 Å². The number of rotatable bonds is 7. The highest BCUT2D eigenvalue weighted by Crippen LogP contribution is 2.23. The molecule has 30 heavy (non-hydrogen) atoms. The van der Waals surface area contributed by atoms with E-state index >= 15 is 0 Å². The molecule has 9 heteroatoms. The molecule has 2 aromatic rings. The molecule has 1 saturated heterocycles. The largest absolute Gasteiger partial charge is 0.497 e. The summed E-state index contributed by atoms with van der Waals surface area (Å²) in [7, 11) is -2.14. The Morgan fingerprint density at radius 2 is 1.83 bits per heavy atom. The predicted molar refractivity (Wildman–Crippen MR) is 111 cm³/mol. The molecule has 3 rings (SSSR count). The smallest absolute Gasteiger partial charge is 0.338 e. The minimum Gasteiger partial charge on any atom is -0.497 e. The number of methoxy groups -OCH3 is 1. The van der Waals surface area contributed by atoms with Crippen molar-refractivity contribution in [2.75, 3.05) is 32.1 Å². The van der Waals surface area contributed by atoms with Gasteiger partial charge in [0.05, 0.1) is 17.6 Å². The summed E-state index contributed by atoms with van der Waals surface area (Å²) < 4.78 is 37.1. The standard InChI is InChI=1S/C21H24N2O6S/c1-15-8-9-18(30(26,27)23-10-3-4-11-23)13-19(15)21(25)29-14-20(24)22-16-6-5-7-17(12-16)28-2/h5-9,12-13H,3-4,10-11,14H2,1-2H3,(H,22,24). The second-order valence-corrected chi connectivity index (χ2v) is 8.88. The van der Waals surface area contributed by atoms with Crippen molar-refractivity contribution >= 4 is 27.6 Å². The Morgan fingerprint density at radius 3 is 2.53 bits per heavy atom. The van der Waals surface area contributed by atoms with Crippen molar-refractivity contribution < 1.29 is 27.5 Å². The molecule has 1 N–H and O–H groups in total. The van der Waals surface area contributed by atoms with E-state index in [-0.39, 0.29) is 10.5 Å². The lowest BCUT2D eigenvalue weighted by atomic mass is 10.1. The first-order chi connectivity index (χ1) is 14.3. The predicted octanol–water partition coefficient (Wildman–Crippen LogP) is 2.58. The first kappa shape index (κ1) is 21.8. The van der Waals surface area contributed by atoms with E-state index < -0.39 is 28.5 Å². The number of hydrogen-bond acceptors (Lipinski definition) is 6. The molecule has 160 valence electrons. The van der Waals surface area contributed by atoms with E-state index in [1.165, 1.54) is 23.5 Å². The number of carbonyl (C=O) groups is 2. The Balaban J connectivity index is 1.67. The molecule has 0 saturated carbocycles. The normalized spacial score (nSPS) is 14.3. The molecule has 0 bridgehead atoms. The van der Waals surface area contributed by atoms with Gasteiger partial charge in [-0.15, -0.1) is 0 Å². The van der Waals surface area contributed by atoms with E-state index in [1.807, 2.05) is 0 Å². The van der Waals surface area contributed by atoms with Crippen LogP contribution in [-0.2, 0) is 19.6 Å². The zero-order valence-corrected chi connectivity index (χ0v) is 17.7. The number of nitrogens with zero attached hydrogens (tertiary/aromatic N) is 1. The third kappa shape index (κ3) is 4.98. The van der Waals surface area contributed by atoms with Crippen LogP contribution in [-0.4, -0.2) is 51.4 Å². The number of anilines is 1. The Morgan fingerprint density at radius 1 is 1.10 bits per heavy atom. The van der Waals surface area contributed by atoms with Gasteiger partial charge in [0.1, 0.15) is 5.75 Å². The molecule has 1 amide bonds.